The molecule has 1 amide bonds. The molecule has 3 aromatic rings. The lowest BCUT2D eigenvalue weighted by Gasteiger charge is -2.04. The molecule has 0 bridgehead atoms. The first-order chi connectivity index (χ1) is 13.1. The molecule has 1 N–H and O–H groups in total. The second-order valence-corrected chi connectivity index (χ2v) is 9.24. The standard InChI is InChI=1S/C16H13Cl2N5OS3/c1-2-25-14-19-7-11(18)12(20-14)13(24)21-15-22-23-16(27-15)26-8-9-5-3-4-6-10(9)17/h3-7H,2,8H2,1H3,(H,21,22,24). The largest absolute Gasteiger partial charge is 0.295 e. The van der Waals surface area contributed by atoms with Crippen LogP contribution in [0.2, 0.25) is 10.0 Å². The van der Waals surface area contributed by atoms with Gasteiger partial charge in [-0.2, -0.15) is 0 Å². The van der Waals surface area contributed by atoms with Gasteiger partial charge in [-0.15, -0.1) is 10.2 Å². The molecule has 140 valence electrons. The Bertz CT molecular complexity index is 953. The summed E-state index contributed by atoms with van der Waals surface area (Å²) in [6, 6.07) is 7.63. The molecule has 2 heterocycles. The van der Waals surface area contributed by atoms with Crippen molar-refractivity contribution in [2.75, 3.05) is 11.1 Å². The van der Waals surface area contributed by atoms with Gasteiger partial charge in [-0.3, -0.25) is 10.1 Å². The van der Waals surface area contributed by atoms with E-state index in [-0.39, 0.29) is 10.7 Å². The summed E-state index contributed by atoms with van der Waals surface area (Å²) in [5.74, 6) is 1.02. The normalized spacial score (nSPS) is 10.8. The van der Waals surface area contributed by atoms with Crippen molar-refractivity contribution in [2.24, 2.45) is 0 Å². The summed E-state index contributed by atoms with van der Waals surface area (Å²) in [7, 11) is 0. The van der Waals surface area contributed by atoms with Crippen LogP contribution in [-0.4, -0.2) is 31.8 Å². The van der Waals surface area contributed by atoms with Crippen LogP contribution in [0.15, 0.2) is 40.0 Å². The van der Waals surface area contributed by atoms with Gasteiger partial charge in [0.15, 0.2) is 15.2 Å². The lowest BCUT2D eigenvalue weighted by Crippen LogP contribution is -2.15. The van der Waals surface area contributed by atoms with Crippen molar-refractivity contribution < 1.29 is 4.79 Å². The molecule has 27 heavy (non-hydrogen) atoms. The highest BCUT2D eigenvalue weighted by Crippen LogP contribution is 2.30. The highest BCUT2D eigenvalue weighted by atomic mass is 35.5. The fourth-order valence-corrected chi connectivity index (χ4v) is 4.69. The maximum Gasteiger partial charge on any atom is 0.277 e. The van der Waals surface area contributed by atoms with Crippen LogP contribution in [0, 0.1) is 0 Å². The van der Waals surface area contributed by atoms with Gasteiger partial charge in [-0.05, 0) is 17.4 Å². The molecule has 0 unspecified atom stereocenters. The predicted octanol–water partition coefficient (Wildman–Crippen LogP) is 5.29. The lowest BCUT2D eigenvalue weighted by atomic mass is 10.2. The number of hydrogen-bond acceptors (Lipinski definition) is 8. The Hall–Kier alpha value is -1.39. The van der Waals surface area contributed by atoms with Crippen LogP contribution < -0.4 is 5.32 Å². The molecule has 0 aliphatic carbocycles. The third-order valence-electron chi connectivity index (χ3n) is 3.15. The first kappa shape index (κ1) is 20.3. The highest BCUT2D eigenvalue weighted by molar-refractivity contribution is 8.00. The first-order valence-electron chi connectivity index (χ1n) is 7.73. The SMILES string of the molecule is CCSc1ncc(Cl)c(C(=O)Nc2nnc(SCc3ccccc3Cl)s2)n1. The van der Waals surface area contributed by atoms with Gasteiger partial charge >= 0.3 is 0 Å². The van der Waals surface area contributed by atoms with Crippen molar-refractivity contribution in [1.29, 1.82) is 0 Å². The lowest BCUT2D eigenvalue weighted by molar-refractivity contribution is 0.102. The third kappa shape index (κ3) is 5.55. The number of carbonyl (C=O) groups excluding carboxylic acids is 1. The van der Waals surface area contributed by atoms with Crippen LogP contribution in [0.3, 0.4) is 0 Å². The van der Waals surface area contributed by atoms with E-state index in [1.54, 1.807) is 0 Å². The zero-order valence-corrected chi connectivity index (χ0v) is 17.9. The molecular weight excluding hydrogens is 445 g/mol. The number of nitrogens with one attached hydrogen (secondary N) is 1. The molecule has 0 aliphatic rings. The van der Waals surface area contributed by atoms with Crippen LogP contribution in [0.4, 0.5) is 5.13 Å². The fraction of sp³-hybridized carbons (Fsp3) is 0.188. The molecule has 3 rings (SSSR count). The Labute approximate surface area is 178 Å². The molecule has 11 heteroatoms. The van der Waals surface area contributed by atoms with E-state index in [2.05, 4.69) is 25.5 Å². The number of anilines is 1. The van der Waals surface area contributed by atoms with E-state index < -0.39 is 5.91 Å². The zero-order valence-electron chi connectivity index (χ0n) is 14.0. The number of aromatic nitrogens is 4. The molecule has 6 nitrogen and oxygen atoms in total. The second-order valence-electron chi connectivity index (χ2n) is 4.99. The summed E-state index contributed by atoms with van der Waals surface area (Å²) >= 11 is 16.4. The molecular formula is C16H13Cl2N5OS3. The zero-order chi connectivity index (χ0) is 19.2. The van der Waals surface area contributed by atoms with E-state index in [1.807, 2.05) is 31.2 Å². The summed E-state index contributed by atoms with van der Waals surface area (Å²) in [6.07, 6.45) is 1.42. The number of carbonyl (C=O) groups is 1. The summed E-state index contributed by atoms with van der Waals surface area (Å²) in [6.45, 7) is 1.98. The van der Waals surface area contributed by atoms with Crippen molar-refractivity contribution in [1.82, 2.24) is 20.2 Å². The first-order valence-corrected chi connectivity index (χ1v) is 11.3. The van der Waals surface area contributed by atoms with Gasteiger partial charge < -0.3 is 0 Å². The van der Waals surface area contributed by atoms with Crippen molar-refractivity contribution in [3.05, 3.63) is 51.8 Å². The van der Waals surface area contributed by atoms with Gasteiger partial charge in [0.05, 0.1) is 11.2 Å². The van der Waals surface area contributed by atoms with Gasteiger partial charge in [-0.1, -0.05) is 83.2 Å². The fourth-order valence-electron chi connectivity index (χ4n) is 1.94. The van der Waals surface area contributed by atoms with E-state index in [1.165, 1.54) is 41.1 Å². The van der Waals surface area contributed by atoms with Crippen LogP contribution in [0.5, 0.6) is 0 Å². The van der Waals surface area contributed by atoms with Gasteiger partial charge in [0.25, 0.3) is 5.91 Å². The maximum absolute atomic E-state index is 12.4. The average molecular weight is 458 g/mol. The van der Waals surface area contributed by atoms with E-state index in [0.717, 1.165) is 15.7 Å². The Morgan fingerprint density at radius 3 is 2.78 bits per heavy atom. The third-order valence-corrected chi connectivity index (χ3v) is 6.56. The Balaban J connectivity index is 1.64. The van der Waals surface area contributed by atoms with Crippen LogP contribution in [0.25, 0.3) is 0 Å². The molecule has 0 radical (unpaired) electrons. The number of rotatable bonds is 7. The van der Waals surface area contributed by atoms with E-state index >= 15 is 0 Å². The summed E-state index contributed by atoms with van der Waals surface area (Å²) in [5.41, 5.74) is 1.13. The van der Waals surface area contributed by atoms with Crippen molar-refractivity contribution in [2.45, 2.75) is 22.2 Å². The molecule has 0 aliphatic heterocycles. The van der Waals surface area contributed by atoms with Gasteiger partial charge in [0.1, 0.15) is 0 Å². The maximum atomic E-state index is 12.4. The number of amides is 1. The van der Waals surface area contributed by atoms with Crippen molar-refractivity contribution >= 4 is 69.1 Å². The number of halogens is 2. The van der Waals surface area contributed by atoms with Crippen molar-refractivity contribution in [3.63, 3.8) is 0 Å². The summed E-state index contributed by atoms with van der Waals surface area (Å²) < 4.78 is 0.723. The average Bonchev–Trinajstić information content (AvgIpc) is 3.10. The number of hydrogen-bond donors (Lipinski definition) is 1. The number of benzene rings is 1. The summed E-state index contributed by atoms with van der Waals surface area (Å²) in [4.78, 5) is 20.7. The Morgan fingerprint density at radius 1 is 1.19 bits per heavy atom. The molecule has 2 aromatic heterocycles. The van der Waals surface area contributed by atoms with Crippen molar-refractivity contribution in [3.8, 4) is 0 Å². The number of nitrogens with zero attached hydrogens (tertiary/aromatic N) is 4. The minimum atomic E-state index is -0.445. The predicted molar refractivity (Wildman–Crippen MR) is 112 cm³/mol. The van der Waals surface area contributed by atoms with E-state index in [9.17, 15) is 4.79 Å². The highest BCUT2D eigenvalue weighted by Gasteiger charge is 2.17. The second kappa shape index (κ2) is 9.70. The molecule has 0 fully saturated rings. The summed E-state index contributed by atoms with van der Waals surface area (Å²) in [5, 5.41) is 12.5. The quantitative estimate of drug-likeness (QED) is 0.293. The topological polar surface area (TPSA) is 80.7 Å². The minimum absolute atomic E-state index is 0.114. The van der Waals surface area contributed by atoms with E-state index in [0.29, 0.717) is 21.1 Å². The van der Waals surface area contributed by atoms with Crippen LogP contribution in [-0.2, 0) is 5.75 Å². The van der Waals surface area contributed by atoms with Gasteiger partial charge in [0.2, 0.25) is 5.13 Å². The number of thioether (sulfide) groups is 2. The molecule has 0 atom stereocenters. The monoisotopic (exact) mass is 457 g/mol. The Morgan fingerprint density at radius 2 is 2.00 bits per heavy atom. The van der Waals surface area contributed by atoms with Crippen LogP contribution >= 0.6 is 58.1 Å². The van der Waals surface area contributed by atoms with Gasteiger partial charge in [0, 0.05) is 10.8 Å². The molecule has 0 spiro atoms. The minimum Gasteiger partial charge on any atom is -0.295 e. The smallest absolute Gasteiger partial charge is 0.277 e. The molecule has 0 saturated heterocycles. The van der Waals surface area contributed by atoms with Crippen LogP contribution in [0.1, 0.15) is 23.0 Å². The molecule has 1 aromatic carbocycles. The molecule has 0 saturated carbocycles. The Kier molecular flexibility index (Phi) is 7.31. The van der Waals surface area contributed by atoms with E-state index in [4.69, 9.17) is 23.2 Å². The van der Waals surface area contributed by atoms with Gasteiger partial charge in [-0.25, -0.2) is 9.97 Å².